The van der Waals surface area contributed by atoms with Gasteiger partial charge in [0.15, 0.2) is 0 Å². The molecule has 50 valence electrons. The molecule has 5 heteroatoms. The molecule has 0 fully saturated rings. The molecule has 0 spiro atoms. The summed E-state index contributed by atoms with van der Waals surface area (Å²) in [6.07, 6.45) is 0. The average Bonchev–Trinajstić information content (AvgIpc) is 1.33. The van der Waals surface area contributed by atoms with Crippen molar-refractivity contribution in [3.8, 4) is 0 Å². The summed E-state index contributed by atoms with van der Waals surface area (Å²) in [6.45, 7) is 1.08. The van der Waals surface area contributed by atoms with Crippen molar-refractivity contribution in [3.63, 3.8) is 0 Å². The summed E-state index contributed by atoms with van der Waals surface area (Å²) in [5, 5.41) is 7.42. The Morgan fingerprint density at radius 1 is 1.62 bits per heavy atom. The molecule has 8 heavy (non-hydrogen) atoms. The number of rotatable bonds is 0. The summed E-state index contributed by atoms with van der Waals surface area (Å²) < 4.78 is 0. The van der Waals surface area contributed by atoms with Gasteiger partial charge in [-0.25, -0.2) is 0 Å². The van der Waals surface area contributed by atoms with Crippen LogP contribution >= 0.6 is 18.6 Å². The average molecular weight is 194 g/mol. The first-order valence-corrected chi connectivity index (χ1v) is 5.60. The van der Waals surface area contributed by atoms with E-state index in [-0.39, 0.29) is 7.43 Å². The molecule has 0 bridgehead atoms. The minimum atomic E-state index is -0.833. The van der Waals surface area contributed by atoms with Crippen LogP contribution in [0.1, 0.15) is 6.92 Å². The van der Waals surface area contributed by atoms with Gasteiger partial charge >= 0.3 is 35.6 Å². The van der Waals surface area contributed by atoms with E-state index in [1.165, 1.54) is 0 Å². The van der Waals surface area contributed by atoms with Gasteiger partial charge in [-0.15, -0.1) is 0 Å². The van der Waals surface area contributed by atoms with Crippen LogP contribution in [0.2, 0.25) is 0 Å². The molecular formula is C3H7Cl2O2Ti-. The number of carbonyl (C=O) groups is 1. The number of hydrogen-bond acceptors (Lipinski definition) is 1. The first kappa shape index (κ1) is 15.9. The molecule has 0 aromatic rings. The van der Waals surface area contributed by atoms with Crippen molar-refractivity contribution in [3.05, 3.63) is 7.43 Å². The molecule has 0 radical (unpaired) electrons. The zero-order chi connectivity index (χ0) is 6.28. The van der Waals surface area contributed by atoms with Gasteiger partial charge in [0.2, 0.25) is 0 Å². The molecule has 0 unspecified atom stereocenters. The van der Waals surface area contributed by atoms with Crippen LogP contribution in [0.15, 0.2) is 0 Å². The fraction of sp³-hybridized carbons (Fsp3) is 0.333. The third-order valence-electron chi connectivity index (χ3n) is 0. The van der Waals surface area contributed by atoms with Gasteiger partial charge in [0, 0.05) is 6.92 Å². The number of carboxylic acid groups (broad SMARTS) is 1. The maximum absolute atomic E-state index is 9.00. The van der Waals surface area contributed by atoms with Crippen molar-refractivity contribution in [1.29, 1.82) is 0 Å². The standard InChI is InChI=1S/C2H4O2.CH3.2ClH.Ti/c1-2(3)4;;;;/h1H3,(H,3,4);1H3;2*1H;/q;-1;;;+2/p-2. The van der Waals surface area contributed by atoms with E-state index in [0.717, 1.165) is 6.92 Å². The Kier molecular flexibility index (Phi) is 31.1. The Morgan fingerprint density at radius 3 is 1.62 bits per heavy atom. The molecule has 0 aliphatic carbocycles. The first-order valence-electron chi connectivity index (χ1n) is 1.31. The molecule has 0 amide bonds. The Morgan fingerprint density at radius 2 is 1.62 bits per heavy atom. The van der Waals surface area contributed by atoms with Crippen LogP contribution in [-0.2, 0) is 21.8 Å². The van der Waals surface area contributed by atoms with Crippen molar-refractivity contribution in [2.75, 3.05) is 0 Å². The quantitative estimate of drug-likeness (QED) is 0.472. The van der Waals surface area contributed by atoms with Crippen molar-refractivity contribution in [2.24, 2.45) is 0 Å². The molecule has 0 aromatic carbocycles. The van der Waals surface area contributed by atoms with Gasteiger partial charge in [-0.2, -0.15) is 0 Å². The minimum absolute atomic E-state index is 0. The van der Waals surface area contributed by atoms with E-state index in [1.807, 2.05) is 0 Å². The number of carboxylic acids is 1. The Bertz CT molecular complexity index is 46.5. The predicted octanol–water partition coefficient (Wildman–Crippen LogP) is 1.92. The van der Waals surface area contributed by atoms with E-state index in [2.05, 4.69) is 0 Å². The molecule has 0 aliphatic heterocycles. The summed E-state index contributed by atoms with van der Waals surface area (Å²) in [7, 11) is 9.78. The zero-order valence-electron chi connectivity index (χ0n) is 4.61. The van der Waals surface area contributed by atoms with Gasteiger partial charge in [-0.1, -0.05) is 0 Å². The van der Waals surface area contributed by atoms with E-state index < -0.39 is 23.0 Å². The second-order valence-corrected chi connectivity index (χ2v) is 3.17. The van der Waals surface area contributed by atoms with Crippen LogP contribution in [0, 0.1) is 7.43 Å². The Labute approximate surface area is 65.9 Å². The molecule has 0 heterocycles. The molecule has 0 saturated carbocycles. The van der Waals surface area contributed by atoms with Crippen molar-refractivity contribution in [1.82, 2.24) is 0 Å². The second-order valence-electron chi connectivity index (χ2n) is 0.590. The van der Waals surface area contributed by atoms with E-state index in [4.69, 9.17) is 28.5 Å². The number of hydrogen-bond donors (Lipinski definition) is 1. The number of aliphatic carboxylic acids is 1. The maximum atomic E-state index is 9.00. The van der Waals surface area contributed by atoms with Crippen LogP contribution in [0.4, 0.5) is 0 Å². The zero-order valence-corrected chi connectivity index (χ0v) is 7.68. The predicted molar refractivity (Wildman–Crippen MR) is 31.4 cm³/mol. The molecule has 0 aromatic heterocycles. The molecule has 0 saturated heterocycles. The monoisotopic (exact) mass is 193 g/mol. The summed E-state index contributed by atoms with van der Waals surface area (Å²) in [5.74, 6) is -0.833. The van der Waals surface area contributed by atoms with E-state index >= 15 is 0 Å². The van der Waals surface area contributed by atoms with Crippen LogP contribution < -0.4 is 0 Å². The van der Waals surface area contributed by atoms with Crippen LogP contribution in [-0.4, -0.2) is 11.1 Å². The summed E-state index contributed by atoms with van der Waals surface area (Å²) >= 11 is -0.556. The number of halogens is 2. The molecular weight excluding hydrogens is 187 g/mol. The van der Waals surface area contributed by atoms with Gasteiger partial charge in [0.1, 0.15) is 0 Å². The van der Waals surface area contributed by atoms with Gasteiger partial charge in [-0.3, -0.25) is 4.79 Å². The van der Waals surface area contributed by atoms with Crippen molar-refractivity contribution >= 4 is 24.6 Å². The third kappa shape index (κ3) is 385. The van der Waals surface area contributed by atoms with E-state index in [9.17, 15) is 0 Å². The van der Waals surface area contributed by atoms with Gasteiger partial charge in [0.25, 0.3) is 5.97 Å². The molecule has 2 nitrogen and oxygen atoms in total. The van der Waals surface area contributed by atoms with Crippen LogP contribution in [0.3, 0.4) is 0 Å². The van der Waals surface area contributed by atoms with E-state index in [1.54, 1.807) is 0 Å². The second kappa shape index (κ2) is 15.7. The van der Waals surface area contributed by atoms with E-state index in [0.29, 0.717) is 0 Å². The fourth-order valence-electron chi connectivity index (χ4n) is 0. The molecule has 0 aliphatic rings. The van der Waals surface area contributed by atoms with Gasteiger partial charge < -0.3 is 12.5 Å². The molecule has 1 N–H and O–H groups in total. The Hall–Kier alpha value is 0.764. The Balaban J connectivity index is -0.0000000575. The fourth-order valence-corrected chi connectivity index (χ4v) is 0. The molecule has 0 atom stereocenters. The summed E-state index contributed by atoms with van der Waals surface area (Å²) in [6, 6.07) is 0. The summed E-state index contributed by atoms with van der Waals surface area (Å²) in [4.78, 5) is 9.00. The van der Waals surface area contributed by atoms with Gasteiger partial charge in [-0.05, 0) is 0 Å². The van der Waals surface area contributed by atoms with Crippen molar-refractivity contribution < 1.29 is 26.9 Å². The van der Waals surface area contributed by atoms with Crippen molar-refractivity contribution in [2.45, 2.75) is 6.92 Å². The third-order valence-corrected chi connectivity index (χ3v) is 0. The molecule has 0 rings (SSSR count). The summed E-state index contributed by atoms with van der Waals surface area (Å²) in [5.41, 5.74) is 0. The van der Waals surface area contributed by atoms with Crippen LogP contribution in [0.5, 0.6) is 0 Å². The first-order chi connectivity index (χ1) is 3.15. The van der Waals surface area contributed by atoms with Crippen LogP contribution in [0.25, 0.3) is 0 Å². The normalized spacial score (nSPS) is 4.88. The SMILES string of the molecule is CC(=O)O.[CH3-].[Cl][Ti][Cl]. The van der Waals surface area contributed by atoms with Gasteiger partial charge in [0.05, 0.1) is 0 Å². The topological polar surface area (TPSA) is 37.3 Å².